The molecule has 0 unspecified atom stereocenters. The quantitative estimate of drug-likeness (QED) is 0.592. The minimum absolute atomic E-state index is 0.191. The maximum atomic E-state index is 11.6. The fraction of sp³-hybridized carbons (Fsp3) is 0.0667. The van der Waals surface area contributed by atoms with Crippen molar-refractivity contribution in [3.63, 3.8) is 0 Å². The number of nitrogens with zero attached hydrogens (tertiary/aromatic N) is 1. The average Bonchev–Trinajstić information content (AvgIpc) is 2.46. The van der Waals surface area contributed by atoms with Gasteiger partial charge in [0.1, 0.15) is 5.75 Å². The van der Waals surface area contributed by atoms with Gasteiger partial charge in [0.2, 0.25) is 0 Å². The molecule has 2 aromatic carbocycles. The predicted octanol–water partition coefficient (Wildman–Crippen LogP) is 2.94. The highest BCUT2D eigenvalue weighted by Crippen LogP contribution is 2.10. The fourth-order valence-electron chi connectivity index (χ4n) is 1.58. The highest BCUT2D eigenvalue weighted by molar-refractivity contribution is 6.00. The van der Waals surface area contributed by atoms with Crippen molar-refractivity contribution in [3.8, 4) is 5.75 Å². The topological polar surface area (TPSA) is 73.7 Å². The normalized spacial score (nSPS) is 10.9. The van der Waals surface area contributed by atoms with Crippen LogP contribution in [0.3, 0.4) is 0 Å². The van der Waals surface area contributed by atoms with Crippen LogP contribution >= 0.6 is 0 Å². The Kier molecular flexibility index (Phi) is 4.34. The van der Waals surface area contributed by atoms with Crippen molar-refractivity contribution >= 4 is 17.4 Å². The van der Waals surface area contributed by atoms with Gasteiger partial charge in [-0.2, -0.15) is 5.10 Å². The number of hydrazone groups is 1. The Morgan fingerprint density at radius 2 is 1.70 bits per heavy atom. The van der Waals surface area contributed by atoms with Gasteiger partial charge in [0.25, 0.3) is 0 Å². The molecule has 0 radical (unpaired) electrons. The third-order valence-electron chi connectivity index (χ3n) is 2.64. The maximum absolute atomic E-state index is 11.6. The molecule has 5 heteroatoms. The van der Waals surface area contributed by atoms with E-state index in [1.54, 1.807) is 43.3 Å². The standard InChI is InChI=1S/C15H15N3O2/c1-11(12-7-9-14(19)10-8-12)17-18-15(20)16-13-5-3-2-4-6-13/h2-10,19H,1H3,(H2,16,18,20)/b17-11+. The molecule has 0 heterocycles. The minimum Gasteiger partial charge on any atom is -0.508 e. The Morgan fingerprint density at radius 1 is 1.05 bits per heavy atom. The van der Waals surface area contributed by atoms with E-state index in [1.165, 1.54) is 0 Å². The number of rotatable bonds is 3. The first kappa shape index (κ1) is 13.6. The number of para-hydroxylation sites is 1. The van der Waals surface area contributed by atoms with E-state index in [-0.39, 0.29) is 5.75 Å². The lowest BCUT2D eigenvalue weighted by molar-refractivity contribution is 0.252. The van der Waals surface area contributed by atoms with E-state index < -0.39 is 6.03 Å². The molecule has 3 N–H and O–H groups in total. The molecular weight excluding hydrogens is 254 g/mol. The summed E-state index contributed by atoms with van der Waals surface area (Å²) in [7, 11) is 0. The summed E-state index contributed by atoms with van der Waals surface area (Å²) in [5, 5.41) is 15.9. The van der Waals surface area contributed by atoms with Crippen molar-refractivity contribution in [2.24, 2.45) is 5.10 Å². The maximum Gasteiger partial charge on any atom is 0.339 e. The summed E-state index contributed by atoms with van der Waals surface area (Å²) in [6, 6.07) is 15.3. The van der Waals surface area contributed by atoms with Crippen LogP contribution in [0.25, 0.3) is 0 Å². The highest BCUT2D eigenvalue weighted by Gasteiger charge is 2.01. The van der Waals surface area contributed by atoms with Gasteiger partial charge in [0.05, 0.1) is 5.71 Å². The van der Waals surface area contributed by atoms with Crippen molar-refractivity contribution < 1.29 is 9.90 Å². The summed E-state index contributed by atoms with van der Waals surface area (Å²) < 4.78 is 0. The Balaban J connectivity index is 1.95. The Hall–Kier alpha value is -2.82. The van der Waals surface area contributed by atoms with Gasteiger partial charge in [-0.3, -0.25) is 0 Å². The monoisotopic (exact) mass is 269 g/mol. The number of benzene rings is 2. The number of anilines is 1. The first-order valence-corrected chi connectivity index (χ1v) is 6.11. The average molecular weight is 269 g/mol. The molecule has 102 valence electrons. The van der Waals surface area contributed by atoms with E-state index in [4.69, 9.17) is 0 Å². The van der Waals surface area contributed by atoms with Crippen LogP contribution in [0.4, 0.5) is 10.5 Å². The van der Waals surface area contributed by atoms with Crippen LogP contribution in [0.5, 0.6) is 5.75 Å². The smallest absolute Gasteiger partial charge is 0.339 e. The fourth-order valence-corrected chi connectivity index (χ4v) is 1.58. The van der Waals surface area contributed by atoms with Gasteiger partial charge in [0, 0.05) is 5.69 Å². The van der Waals surface area contributed by atoms with Gasteiger partial charge in [-0.05, 0) is 48.9 Å². The lowest BCUT2D eigenvalue weighted by Crippen LogP contribution is -2.25. The lowest BCUT2D eigenvalue weighted by Gasteiger charge is -2.05. The number of hydrogen-bond acceptors (Lipinski definition) is 3. The van der Waals surface area contributed by atoms with Crippen LogP contribution in [-0.4, -0.2) is 16.8 Å². The number of carbonyl (C=O) groups excluding carboxylic acids is 1. The zero-order valence-electron chi connectivity index (χ0n) is 11.0. The minimum atomic E-state index is -0.408. The Morgan fingerprint density at radius 3 is 2.35 bits per heavy atom. The first-order chi connectivity index (χ1) is 9.65. The molecule has 2 aromatic rings. The van der Waals surface area contributed by atoms with E-state index in [0.29, 0.717) is 11.4 Å². The van der Waals surface area contributed by atoms with Crippen molar-refractivity contribution in [1.29, 1.82) is 0 Å². The van der Waals surface area contributed by atoms with E-state index in [1.807, 2.05) is 18.2 Å². The van der Waals surface area contributed by atoms with E-state index >= 15 is 0 Å². The van der Waals surface area contributed by atoms with Crippen molar-refractivity contribution in [3.05, 3.63) is 60.2 Å². The van der Waals surface area contributed by atoms with Crippen LogP contribution in [-0.2, 0) is 0 Å². The SMILES string of the molecule is C/C(=N\NC(=O)Nc1ccccc1)c1ccc(O)cc1. The molecule has 2 amide bonds. The zero-order valence-corrected chi connectivity index (χ0v) is 11.0. The summed E-state index contributed by atoms with van der Waals surface area (Å²) in [6.45, 7) is 1.77. The van der Waals surface area contributed by atoms with E-state index in [9.17, 15) is 9.90 Å². The summed E-state index contributed by atoms with van der Waals surface area (Å²) in [4.78, 5) is 11.6. The molecule has 20 heavy (non-hydrogen) atoms. The molecule has 0 spiro atoms. The third kappa shape index (κ3) is 3.84. The molecule has 0 saturated heterocycles. The summed E-state index contributed by atoms with van der Waals surface area (Å²) in [5.41, 5.74) is 4.58. The number of phenolic OH excluding ortho intramolecular Hbond substituents is 1. The van der Waals surface area contributed by atoms with Crippen LogP contribution in [0.15, 0.2) is 59.7 Å². The van der Waals surface area contributed by atoms with Gasteiger partial charge in [-0.15, -0.1) is 0 Å². The first-order valence-electron chi connectivity index (χ1n) is 6.11. The number of urea groups is 1. The van der Waals surface area contributed by atoms with Gasteiger partial charge in [-0.25, -0.2) is 10.2 Å². The molecule has 2 rings (SSSR count). The molecule has 0 aromatic heterocycles. The Bertz CT molecular complexity index is 607. The molecule has 0 aliphatic heterocycles. The zero-order chi connectivity index (χ0) is 14.4. The van der Waals surface area contributed by atoms with E-state index in [2.05, 4.69) is 15.8 Å². The summed E-state index contributed by atoms with van der Waals surface area (Å²) in [6.07, 6.45) is 0. The molecular formula is C15H15N3O2. The van der Waals surface area contributed by atoms with Crippen molar-refractivity contribution in [2.75, 3.05) is 5.32 Å². The molecule has 0 aliphatic carbocycles. The number of aromatic hydroxyl groups is 1. The predicted molar refractivity (Wildman–Crippen MR) is 78.9 cm³/mol. The highest BCUT2D eigenvalue weighted by atomic mass is 16.3. The molecule has 0 fully saturated rings. The van der Waals surface area contributed by atoms with Gasteiger partial charge >= 0.3 is 6.03 Å². The molecule has 0 bridgehead atoms. The second-order valence-electron chi connectivity index (χ2n) is 4.18. The third-order valence-corrected chi connectivity index (χ3v) is 2.64. The largest absolute Gasteiger partial charge is 0.508 e. The second-order valence-corrected chi connectivity index (χ2v) is 4.18. The second kappa shape index (κ2) is 6.38. The summed E-state index contributed by atoms with van der Waals surface area (Å²) in [5.74, 6) is 0.191. The van der Waals surface area contributed by atoms with Crippen molar-refractivity contribution in [1.82, 2.24) is 5.43 Å². The molecule has 0 saturated carbocycles. The van der Waals surface area contributed by atoms with Gasteiger partial charge in [-0.1, -0.05) is 18.2 Å². The Labute approximate surface area is 117 Å². The van der Waals surface area contributed by atoms with Crippen LogP contribution in [0.2, 0.25) is 0 Å². The molecule has 0 atom stereocenters. The number of nitrogens with one attached hydrogen (secondary N) is 2. The van der Waals surface area contributed by atoms with Gasteiger partial charge < -0.3 is 10.4 Å². The summed E-state index contributed by atoms with van der Waals surface area (Å²) >= 11 is 0. The number of hydrogen-bond donors (Lipinski definition) is 3. The van der Waals surface area contributed by atoms with Crippen LogP contribution in [0.1, 0.15) is 12.5 Å². The number of carbonyl (C=O) groups is 1. The van der Waals surface area contributed by atoms with Crippen molar-refractivity contribution in [2.45, 2.75) is 6.92 Å². The van der Waals surface area contributed by atoms with Crippen LogP contribution in [0, 0.1) is 0 Å². The molecule has 0 aliphatic rings. The number of phenols is 1. The lowest BCUT2D eigenvalue weighted by atomic mass is 10.1. The number of amides is 2. The van der Waals surface area contributed by atoms with Crippen LogP contribution < -0.4 is 10.7 Å². The molecule has 5 nitrogen and oxygen atoms in total. The van der Waals surface area contributed by atoms with Gasteiger partial charge in [0.15, 0.2) is 0 Å². The van der Waals surface area contributed by atoms with E-state index in [0.717, 1.165) is 5.56 Å².